The number of rotatable bonds is 3. The zero-order valence-electron chi connectivity index (χ0n) is 12.1. The lowest BCUT2D eigenvalue weighted by molar-refractivity contribution is 0.00578. The van der Waals surface area contributed by atoms with Crippen LogP contribution in [0, 0.1) is 5.41 Å². The third kappa shape index (κ3) is 2.40. The van der Waals surface area contributed by atoms with E-state index in [-0.39, 0.29) is 11.2 Å². The minimum atomic E-state index is -0.408. The first-order valence-corrected chi connectivity index (χ1v) is 6.35. The minimum Gasteiger partial charge on any atom is -0.496 e. The molecule has 0 aliphatic carbocycles. The van der Waals surface area contributed by atoms with Crippen LogP contribution >= 0.6 is 0 Å². The van der Waals surface area contributed by atoms with Gasteiger partial charge in [-0.15, -0.1) is 0 Å². The summed E-state index contributed by atoms with van der Waals surface area (Å²) in [4.78, 5) is 0. The van der Waals surface area contributed by atoms with Crippen molar-refractivity contribution in [2.75, 3.05) is 7.11 Å². The van der Waals surface area contributed by atoms with Crippen molar-refractivity contribution in [2.24, 2.45) is 0 Å². The Morgan fingerprint density at radius 1 is 1.16 bits per heavy atom. The van der Waals surface area contributed by atoms with Gasteiger partial charge < -0.3 is 19.5 Å². The van der Waals surface area contributed by atoms with Crippen molar-refractivity contribution in [3.8, 4) is 5.75 Å². The minimum absolute atomic E-state index is 0.359. The lowest BCUT2D eigenvalue weighted by Gasteiger charge is -2.32. The summed E-state index contributed by atoms with van der Waals surface area (Å²) in [6, 6.07) is 5.61. The Bertz CT molecular complexity index is 483. The number of ether oxygens (including phenoxy) is 1. The van der Waals surface area contributed by atoms with Gasteiger partial charge >= 0.3 is 7.12 Å². The molecule has 19 heavy (non-hydrogen) atoms. The van der Waals surface area contributed by atoms with Crippen LogP contribution in [0.3, 0.4) is 0 Å². The Kier molecular flexibility index (Phi) is 3.45. The van der Waals surface area contributed by atoms with E-state index in [0.717, 1.165) is 11.0 Å². The fraction of sp³-hybridized carbons (Fsp3) is 0.500. The standard InChI is InChI=1S/C14H20BNO3/c1-13(2)14(3,4)19-15(18-13)11-6-7-12(17-5)10(8-11)9-16/h6-9,16H,1-5H3. The molecule has 2 rings (SSSR count). The molecular formula is C14H20BNO3. The molecule has 0 amide bonds. The highest BCUT2D eigenvalue weighted by Crippen LogP contribution is 2.36. The van der Waals surface area contributed by atoms with Crippen LogP contribution in [-0.4, -0.2) is 31.6 Å². The molecule has 0 saturated carbocycles. The van der Waals surface area contributed by atoms with Crippen LogP contribution in [0.2, 0.25) is 0 Å². The van der Waals surface area contributed by atoms with Crippen molar-refractivity contribution in [1.82, 2.24) is 0 Å². The zero-order chi connectivity index (χ0) is 14.3. The molecule has 4 nitrogen and oxygen atoms in total. The fourth-order valence-electron chi connectivity index (χ4n) is 1.99. The van der Waals surface area contributed by atoms with Crippen molar-refractivity contribution in [3.63, 3.8) is 0 Å². The van der Waals surface area contributed by atoms with Gasteiger partial charge in [-0.05, 0) is 45.3 Å². The molecule has 0 unspecified atom stereocenters. The van der Waals surface area contributed by atoms with E-state index >= 15 is 0 Å². The van der Waals surface area contributed by atoms with E-state index in [1.807, 2.05) is 45.9 Å². The monoisotopic (exact) mass is 261 g/mol. The molecule has 1 aromatic rings. The Morgan fingerprint density at radius 3 is 2.21 bits per heavy atom. The summed E-state index contributed by atoms with van der Waals surface area (Å²) in [6.07, 6.45) is 1.27. The van der Waals surface area contributed by atoms with E-state index in [1.165, 1.54) is 6.21 Å². The topological polar surface area (TPSA) is 51.5 Å². The molecule has 0 radical (unpaired) electrons. The van der Waals surface area contributed by atoms with Crippen LogP contribution in [-0.2, 0) is 9.31 Å². The molecular weight excluding hydrogens is 241 g/mol. The maximum Gasteiger partial charge on any atom is 0.494 e. The van der Waals surface area contributed by atoms with Crippen molar-refractivity contribution < 1.29 is 14.0 Å². The number of hydrogen-bond donors (Lipinski definition) is 1. The molecule has 1 N–H and O–H groups in total. The maximum atomic E-state index is 7.42. The zero-order valence-corrected chi connectivity index (χ0v) is 12.1. The Labute approximate surface area is 114 Å². The summed E-state index contributed by atoms with van der Waals surface area (Å²) in [5.74, 6) is 0.676. The van der Waals surface area contributed by atoms with Gasteiger partial charge in [0.15, 0.2) is 0 Å². The van der Waals surface area contributed by atoms with Crippen molar-refractivity contribution in [3.05, 3.63) is 23.8 Å². The third-order valence-electron chi connectivity index (χ3n) is 3.93. The van der Waals surface area contributed by atoms with Gasteiger partial charge in [0.25, 0.3) is 0 Å². The predicted molar refractivity (Wildman–Crippen MR) is 76.6 cm³/mol. The average Bonchev–Trinajstić information content (AvgIpc) is 2.57. The van der Waals surface area contributed by atoms with Gasteiger partial charge in [-0.1, -0.05) is 6.07 Å². The van der Waals surface area contributed by atoms with Gasteiger partial charge in [0.1, 0.15) is 5.75 Å². The summed E-state index contributed by atoms with van der Waals surface area (Å²) in [5, 5.41) is 7.42. The second-order valence-electron chi connectivity index (χ2n) is 5.73. The number of nitrogens with one attached hydrogen (secondary N) is 1. The second kappa shape index (κ2) is 4.65. The lowest BCUT2D eigenvalue weighted by Crippen LogP contribution is -2.41. The van der Waals surface area contributed by atoms with E-state index in [2.05, 4.69) is 0 Å². The second-order valence-corrected chi connectivity index (χ2v) is 5.73. The third-order valence-corrected chi connectivity index (χ3v) is 3.93. The molecule has 1 fully saturated rings. The largest absolute Gasteiger partial charge is 0.496 e. The van der Waals surface area contributed by atoms with E-state index in [1.54, 1.807) is 7.11 Å². The number of methoxy groups -OCH3 is 1. The summed E-state index contributed by atoms with van der Waals surface area (Å²) in [5.41, 5.74) is 0.901. The lowest BCUT2D eigenvalue weighted by atomic mass is 9.78. The van der Waals surface area contributed by atoms with Crippen LogP contribution in [0.5, 0.6) is 5.75 Å². The number of benzene rings is 1. The van der Waals surface area contributed by atoms with E-state index in [9.17, 15) is 0 Å². The van der Waals surface area contributed by atoms with Gasteiger partial charge in [0.2, 0.25) is 0 Å². The van der Waals surface area contributed by atoms with Crippen LogP contribution < -0.4 is 10.2 Å². The van der Waals surface area contributed by atoms with Crippen LogP contribution in [0.4, 0.5) is 0 Å². The normalized spacial score (nSPS) is 20.4. The smallest absolute Gasteiger partial charge is 0.494 e. The van der Waals surface area contributed by atoms with Gasteiger partial charge in [0.05, 0.1) is 18.3 Å². The fourth-order valence-corrected chi connectivity index (χ4v) is 1.99. The molecule has 1 aromatic carbocycles. The molecule has 5 heteroatoms. The van der Waals surface area contributed by atoms with Crippen LogP contribution in [0.1, 0.15) is 33.3 Å². The molecule has 1 aliphatic rings. The summed E-state index contributed by atoms with van der Waals surface area (Å²) < 4.78 is 17.2. The first kappa shape index (κ1) is 14.1. The van der Waals surface area contributed by atoms with Crippen molar-refractivity contribution in [1.29, 1.82) is 5.41 Å². The first-order chi connectivity index (χ1) is 8.80. The Balaban J connectivity index is 2.32. The van der Waals surface area contributed by atoms with Gasteiger partial charge in [-0.25, -0.2) is 0 Å². The molecule has 0 spiro atoms. The predicted octanol–water partition coefficient (Wildman–Crippen LogP) is 1.99. The maximum absolute atomic E-state index is 7.42. The van der Waals surface area contributed by atoms with Crippen LogP contribution in [0.25, 0.3) is 0 Å². The van der Waals surface area contributed by atoms with Crippen molar-refractivity contribution in [2.45, 2.75) is 38.9 Å². The molecule has 1 aliphatic heterocycles. The molecule has 0 bridgehead atoms. The van der Waals surface area contributed by atoms with Gasteiger partial charge in [-0.3, -0.25) is 0 Å². The quantitative estimate of drug-likeness (QED) is 0.668. The first-order valence-electron chi connectivity index (χ1n) is 6.35. The summed E-state index contributed by atoms with van der Waals surface area (Å²) in [6.45, 7) is 8.09. The Hall–Kier alpha value is -1.33. The van der Waals surface area contributed by atoms with Gasteiger partial charge in [-0.2, -0.15) is 0 Å². The highest BCUT2D eigenvalue weighted by Gasteiger charge is 2.51. The molecule has 0 aromatic heterocycles. The van der Waals surface area contributed by atoms with E-state index in [0.29, 0.717) is 5.75 Å². The van der Waals surface area contributed by atoms with E-state index in [4.69, 9.17) is 19.5 Å². The molecule has 1 heterocycles. The molecule has 0 atom stereocenters. The van der Waals surface area contributed by atoms with E-state index < -0.39 is 7.12 Å². The number of hydrogen-bond acceptors (Lipinski definition) is 4. The average molecular weight is 261 g/mol. The molecule has 1 saturated heterocycles. The molecule has 102 valence electrons. The Morgan fingerprint density at radius 2 is 1.74 bits per heavy atom. The SMILES string of the molecule is COc1ccc(B2OC(C)(C)C(C)(C)O2)cc1C=N. The highest BCUT2D eigenvalue weighted by atomic mass is 16.7. The summed E-state index contributed by atoms with van der Waals surface area (Å²) in [7, 11) is 1.19. The summed E-state index contributed by atoms with van der Waals surface area (Å²) >= 11 is 0. The van der Waals surface area contributed by atoms with Crippen LogP contribution in [0.15, 0.2) is 18.2 Å². The highest BCUT2D eigenvalue weighted by molar-refractivity contribution is 6.62. The van der Waals surface area contributed by atoms with Crippen molar-refractivity contribution >= 4 is 18.8 Å². The van der Waals surface area contributed by atoms with Gasteiger partial charge in [0, 0.05) is 11.8 Å².